The minimum Gasteiger partial charge on any atom is -0.497 e. The molecule has 19 heavy (non-hydrogen) atoms. The van der Waals surface area contributed by atoms with Crippen LogP contribution in [0.5, 0.6) is 5.75 Å². The molecule has 2 amide bonds. The van der Waals surface area contributed by atoms with Gasteiger partial charge in [-0.05, 0) is 31.5 Å². The lowest BCUT2D eigenvalue weighted by atomic mass is 10.2. The summed E-state index contributed by atoms with van der Waals surface area (Å²) in [6.45, 7) is 3.88. The second kappa shape index (κ2) is 7.41. The van der Waals surface area contributed by atoms with Crippen molar-refractivity contribution >= 4 is 11.8 Å². The van der Waals surface area contributed by atoms with Crippen molar-refractivity contribution in [2.24, 2.45) is 0 Å². The van der Waals surface area contributed by atoms with E-state index in [9.17, 15) is 9.59 Å². The van der Waals surface area contributed by atoms with Crippen LogP contribution in [0, 0.1) is 0 Å². The van der Waals surface area contributed by atoms with Gasteiger partial charge < -0.3 is 15.4 Å². The fraction of sp³-hybridized carbons (Fsp3) is 0.429. The summed E-state index contributed by atoms with van der Waals surface area (Å²) in [5, 5.41) is 5.35. The molecule has 5 nitrogen and oxygen atoms in total. The van der Waals surface area contributed by atoms with Crippen molar-refractivity contribution in [1.82, 2.24) is 10.6 Å². The molecule has 1 rings (SSSR count). The average Bonchev–Trinajstić information content (AvgIpc) is 2.44. The molecule has 0 spiro atoms. The zero-order valence-electron chi connectivity index (χ0n) is 11.5. The van der Waals surface area contributed by atoms with E-state index in [1.54, 1.807) is 24.3 Å². The summed E-state index contributed by atoms with van der Waals surface area (Å²) >= 11 is 0. The van der Waals surface area contributed by atoms with Crippen molar-refractivity contribution in [2.75, 3.05) is 13.7 Å². The maximum Gasteiger partial charge on any atom is 0.251 e. The van der Waals surface area contributed by atoms with Gasteiger partial charge in [-0.25, -0.2) is 0 Å². The number of carbonyl (C=O) groups is 2. The number of rotatable bonds is 6. The van der Waals surface area contributed by atoms with Crippen molar-refractivity contribution < 1.29 is 14.3 Å². The highest BCUT2D eigenvalue weighted by Crippen LogP contribution is 2.12. The topological polar surface area (TPSA) is 67.4 Å². The Bertz CT molecular complexity index is 446. The highest BCUT2D eigenvalue weighted by atomic mass is 16.5. The highest BCUT2D eigenvalue weighted by molar-refractivity contribution is 5.96. The van der Waals surface area contributed by atoms with Crippen LogP contribution >= 0.6 is 0 Å². The molecule has 0 aromatic heterocycles. The first-order valence-electron chi connectivity index (χ1n) is 6.28. The van der Waals surface area contributed by atoms with E-state index < -0.39 is 0 Å². The van der Waals surface area contributed by atoms with Crippen LogP contribution in [-0.2, 0) is 4.79 Å². The van der Waals surface area contributed by atoms with Gasteiger partial charge in [0.15, 0.2) is 0 Å². The van der Waals surface area contributed by atoms with E-state index in [1.165, 1.54) is 7.11 Å². The van der Waals surface area contributed by atoms with Gasteiger partial charge in [0.05, 0.1) is 13.7 Å². The van der Waals surface area contributed by atoms with Crippen LogP contribution in [0.2, 0.25) is 0 Å². The number of nitrogens with one attached hydrogen (secondary N) is 2. The number of ether oxygens (including phenoxy) is 1. The number of carbonyl (C=O) groups excluding carboxylic acids is 2. The SMILES string of the molecule is CCC(C)NC(=O)CNC(=O)c1cccc(OC)c1. The van der Waals surface area contributed by atoms with E-state index in [0.717, 1.165) is 6.42 Å². The van der Waals surface area contributed by atoms with Crippen molar-refractivity contribution in [1.29, 1.82) is 0 Å². The monoisotopic (exact) mass is 264 g/mol. The summed E-state index contributed by atoms with van der Waals surface area (Å²) in [6.07, 6.45) is 0.857. The summed E-state index contributed by atoms with van der Waals surface area (Å²) in [5.74, 6) is 0.125. The van der Waals surface area contributed by atoms with Gasteiger partial charge in [0.25, 0.3) is 5.91 Å². The molecule has 0 fully saturated rings. The molecule has 0 heterocycles. The van der Waals surface area contributed by atoms with Gasteiger partial charge in [-0.1, -0.05) is 13.0 Å². The first-order chi connectivity index (χ1) is 9.06. The molecule has 0 saturated carbocycles. The first kappa shape index (κ1) is 15.0. The third-order valence-electron chi connectivity index (χ3n) is 2.76. The molecule has 0 aliphatic carbocycles. The quantitative estimate of drug-likeness (QED) is 0.814. The summed E-state index contributed by atoms with van der Waals surface area (Å²) in [5.41, 5.74) is 0.468. The Morgan fingerprint density at radius 1 is 1.37 bits per heavy atom. The van der Waals surface area contributed by atoms with E-state index >= 15 is 0 Å². The molecule has 0 radical (unpaired) electrons. The van der Waals surface area contributed by atoms with Crippen LogP contribution in [0.1, 0.15) is 30.6 Å². The molecule has 5 heteroatoms. The first-order valence-corrected chi connectivity index (χ1v) is 6.28. The molecule has 1 unspecified atom stereocenters. The molecule has 0 bridgehead atoms. The Morgan fingerprint density at radius 3 is 2.74 bits per heavy atom. The zero-order chi connectivity index (χ0) is 14.3. The van der Waals surface area contributed by atoms with Gasteiger partial charge in [-0.15, -0.1) is 0 Å². The molecule has 1 atom stereocenters. The summed E-state index contributed by atoms with van der Waals surface area (Å²) in [4.78, 5) is 23.3. The van der Waals surface area contributed by atoms with Crippen LogP contribution in [-0.4, -0.2) is 31.5 Å². The Balaban J connectivity index is 2.48. The van der Waals surface area contributed by atoms with Crippen LogP contribution in [0.3, 0.4) is 0 Å². The fourth-order valence-corrected chi connectivity index (χ4v) is 1.45. The largest absolute Gasteiger partial charge is 0.497 e. The average molecular weight is 264 g/mol. The van der Waals surface area contributed by atoms with E-state index in [1.807, 2.05) is 13.8 Å². The normalized spacial score (nSPS) is 11.5. The Kier molecular flexibility index (Phi) is 5.85. The van der Waals surface area contributed by atoms with E-state index in [2.05, 4.69) is 10.6 Å². The minimum absolute atomic E-state index is 0.0274. The second-order valence-corrected chi connectivity index (χ2v) is 4.29. The minimum atomic E-state index is -0.293. The molecule has 1 aromatic rings. The lowest BCUT2D eigenvalue weighted by Crippen LogP contribution is -2.40. The number of hydrogen-bond acceptors (Lipinski definition) is 3. The molecule has 2 N–H and O–H groups in total. The third-order valence-corrected chi connectivity index (χ3v) is 2.76. The molecular weight excluding hydrogens is 244 g/mol. The van der Waals surface area contributed by atoms with E-state index in [0.29, 0.717) is 11.3 Å². The van der Waals surface area contributed by atoms with Crippen molar-refractivity contribution in [3.63, 3.8) is 0 Å². The van der Waals surface area contributed by atoms with E-state index in [-0.39, 0.29) is 24.4 Å². The van der Waals surface area contributed by atoms with Crippen LogP contribution in [0.25, 0.3) is 0 Å². The lowest BCUT2D eigenvalue weighted by molar-refractivity contribution is -0.120. The van der Waals surface area contributed by atoms with Crippen molar-refractivity contribution in [2.45, 2.75) is 26.3 Å². The number of benzene rings is 1. The molecule has 0 aliphatic rings. The maximum atomic E-state index is 11.8. The van der Waals surface area contributed by atoms with Crippen molar-refractivity contribution in [3.05, 3.63) is 29.8 Å². The molecule has 0 aliphatic heterocycles. The smallest absolute Gasteiger partial charge is 0.251 e. The summed E-state index contributed by atoms with van der Waals surface area (Å²) in [7, 11) is 1.54. The Morgan fingerprint density at radius 2 is 2.11 bits per heavy atom. The van der Waals surface area contributed by atoms with Crippen LogP contribution in [0.15, 0.2) is 24.3 Å². The fourth-order valence-electron chi connectivity index (χ4n) is 1.45. The van der Waals surface area contributed by atoms with Gasteiger partial charge in [-0.2, -0.15) is 0 Å². The summed E-state index contributed by atoms with van der Waals surface area (Å²) in [6, 6.07) is 6.90. The van der Waals surface area contributed by atoms with Gasteiger partial charge in [0.2, 0.25) is 5.91 Å². The van der Waals surface area contributed by atoms with Gasteiger partial charge in [0.1, 0.15) is 5.75 Å². The number of methoxy groups -OCH3 is 1. The predicted molar refractivity (Wildman–Crippen MR) is 73.2 cm³/mol. The Labute approximate surface area is 113 Å². The van der Waals surface area contributed by atoms with Crippen LogP contribution < -0.4 is 15.4 Å². The molecule has 104 valence electrons. The molecule has 1 aromatic carbocycles. The standard InChI is InChI=1S/C14H20N2O3/c1-4-10(2)16-13(17)9-15-14(18)11-6-5-7-12(8-11)19-3/h5-8,10H,4,9H2,1-3H3,(H,15,18)(H,16,17). The maximum absolute atomic E-state index is 11.8. The Hall–Kier alpha value is -2.04. The van der Waals surface area contributed by atoms with E-state index in [4.69, 9.17) is 4.74 Å². The molecular formula is C14H20N2O3. The third kappa shape index (κ3) is 4.99. The predicted octanol–water partition coefficient (Wildman–Crippen LogP) is 1.34. The molecule has 0 saturated heterocycles. The lowest BCUT2D eigenvalue weighted by Gasteiger charge is -2.12. The van der Waals surface area contributed by atoms with Crippen molar-refractivity contribution in [3.8, 4) is 5.75 Å². The number of hydrogen-bond donors (Lipinski definition) is 2. The zero-order valence-corrected chi connectivity index (χ0v) is 11.5. The second-order valence-electron chi connectivity index (χ2n) is 4.29. The van der Waals surface area contributed by atoms with Crippen LogP contribution in [0.4, 0.5) is 0 Å². The van der Waals surface area contributed by atoms with Gasteiger partial charge in [-0.3, -0.25) is 9.59 Å². The van der Waals surface area contributed by atoms with Gasteiger partial charge >= 0.3 is 0 Å². The summed E-state index contributed by atoms with van der Waals surface area (Å²) < 4.78 is 5.04. The van der Waals surface area contributed by atoms with Gasteiger partial charge in [0, 0.05) is 11.6 Å². The highest BCUT2D eigenvalue weighted by Gasteiger charge is 2.10. The number of amides is 2.